The molecule has 0 aliphatic carbocycles. The van der Waals surface area contributed by atoms with Crippen LogP contribution in [0.2, 0.25) is 5.02 Å². The second-order valence-electron chi connectivity index (χ2n) is 4.90. The molecule has 2 rings (SSSR count). The van der Waals surface area contributed by atoms with E-state index in [9.17, 15) is 18.0 Å². The Hall–Kier alpha value is -2.13. The fraction of sp³-hybridized carbons (Fsp3) is 0.267. The smallest absolute Gasteiger partial charge is 0.396 e. The molecule has 0 unspecified atom stereocenters. The highest BCUT2D eigenvalue weighted by molar-refractivity contribution is 7.71. The summed E-state index contributed by atoms with van der Waals surface area (Å²) in [6, 6.07) is 5.18. The van der Waals surface area contributed by atoms with Crippen LogP contribution in [0, 0.1) is 4.64 Å². The lowest BCUT2D eigenvalue weighted by Gasteiger charge is -2.15. The van der Waals surface area contributed by atoms with E-state index in [-0.39, 0.29) is 10.3 Å². The summed E-state index contributed by atoms with van der Waals surface area (Å²) in [5.74, 6) is 0. The monoisotopic (exact) mass is 391 g/mol. The molecule has 0 saturated heterocycles. The van der Waals surface area contributed by atoms with E-state index in [2.05, 4.69) is 5.16 Å². The van der Waals surface area contributed by atoms with Gasteiger partial charge in [-0.15, -0.1) is 0 Å². The summed E-state index contributed by atoms with van der Waals surface area (Å²) in [6.07, 6.45) is -3.34. The quantitative estimate of drug-likeness (QED) is 0.450. The molecular formula is C15H13ClF3N3O2S. The van der Waals surface area contributed by atoms with E-state index in [0.29, 0.717) is 21.8 Å². The SMILES string of the molecule is CCON=Cc1cc(-n2c(=S)cc(C(F)(F)F)n(C)c2=O)ccc1Cl. The lowest BCUT2D eigenvalue weighted by Crippen LogP contribution is -2.33. The molecule has 0 bridgehead atoms. The molecule has 5 nitrogen and oxygen atoms in total. The number of hydrogen-bond donors (Lipinski definition) is 0. The molecule has 0 radical (unpaired) electrons. The maximum atomic E-state index is 13.0. The number of oxime groups is 1. The van der Waals surface area contributed by atoms with E-state index in [1.165, 1.54) is 24.4 Å². The molecular weight excluding hydrogens is 379 g/mol. The van der Waals surface area contributed by atoms with E-state index < -0.39 is 17.6 Å². The van der Waals surface area contributed by atoms with Gasteiger partial charge in [0.15, 0.2) is 0 Å². The number of rotatable bonds is 4. The first-order chi connectivity index (χ1) is 11.7. The van der Waals surface area contributed by atoms with Crippen molar-refractivity contribution in [3.63, 3.8) is 0 Å². The van der Waals surface area contributed by atoms with Crippen molar-refractivity contribution in [2.75, 3.05) is 6.61 Å². The van der Waals surface area contributed by atoms with Crippen LogP contribution in [-0.4, -0.2) is 22.0 Å². The van der Waals surface area contributed by atoms with Crippen molar-refractivity contribution in [3.8, 4) is 5.69 Å². The van der Waals surface area contributed by atoms with Gasteiger partial charge < -0.3 is 4.84 Å². The van der Waals surface area contributed by atoms with Crippen LogP contribution in [0.15, 0.2) is 34.2 Å². The van der Waals surface area contributed by atoms with Crippen molar-refractivity contribution in [2.24, 2.45) is 12.2 Å². The van der Waals surface area contributed by atoms with Crippen LogP contribution in [0.3, 0.4) is 0 Å². The topological polar surface area (TPSA) is 48.5 Å². The summed E-state index contributed by atoms with van der Waals surface area (Å²) < 4.78 is 40.1. The van der Waals surface area contributed by atoms with E-state index in [0.717, 1.165) is 17.7 Å². The van der Waals surface area contributed by atoms with Crippen molar-refractivity contribution in [1.29, 1.82) is 0 Å². The Morgan fingerprint density at radius 2 is 2.04 bits per heavy atom. The molecule has 2 aromatic rings. The summed E-state index contributed by atoms with van der Waals surface area (Å²) in [6.45, 7) is 2.11. The summed E-state index contributed by atoms with van der Waals surface area (Å²) in [4.78, 5) is 17.2. The molecule has 10 heteroatoms. The first kappa shape index (κ1) is 19.2. The summed E-state index contributed by atoms with van der Waals surface area (Å²) in [5.41, 5.74) is -1.35. The number of halogens is 4. The Kier molecular flexibility index (Phi) is 5.69. The average Bonchev–Trinajstić information content (AvgIpc) is 2.53. The van der Waals surface area contributed by atoms with Crippen LogP contribution in [0.1, 0.15) is 18.2 Å². The van der Waals surface area contributed by atoms with Crippen LogP contribution in [-0.2, 0) is 18.1 Å². The van der Waals surface area contributed by atoms with Gasteiger partial charge in [0.2, 0.25) is 0 Å². The zero-order valence-electron chi connectivity index (χ0n) is 13.2. The number of hydrogen-bond acceptors (Lipinski definition) is 4. The van der Waals surface area contributed by atoms with Crippen LogP contribution in [0.4, 0.5) is 13.2 Å². The van der Waals surface area contributed by atoms with Gasteiger partial charge in [-0.3, -0.25) is 9.13 Å². The van der Waals surface area contributed by atoms with E-state index in [1.54, 1.807) is 6.92 Å². The highest BCUT2D eigenvalue weighted by atomic mass is 35.5. The third-order valence-corrected chi connectivity index (χ3v) is 3.89. The van der Waals surface area contributed by atoms with E-state index >= 15 is 0 Å². The zero-order chi connectivity index (χ0) is 18.8. The summed E-state index contributed by atoms with van der Waals surface area (Å²) >= 11 is 11.0. The summed E-state index contributed by atoms with van der Waals surface area (Å²) in [7, 11) is 1.03. The van der Waals surface area contributed by atoms with Gasteiger partial charge in [0.25, 0.3) is 0 Å². The third-order valence-electron chi connectivity index (χ3n) is 3.24. The van der Waals surface area contributed by atoms with Crippen LogP contribution < -0.4 is 5.69 Å². The first-order valence-corrected chi connectivity index (χ1v) is 7.81. The largest absolute Gasteiger partial charge is 0.431 e. The molecule has 1 heterocycles. The Bertz CT molecular complexity index is 935. The molecule has 0 amide bonds. The fourth-order valence-corrected chi connectivity index (χ4v) is 2.53. The van der Waals surface area contributed by atoms with Crippen molar-refractivity contribution in [3.05, 3.63) is 55.7 Å². The molecule has 1 aromatic heterocycles. The Balaban J connectivity index is 2.64. The number of nitrogens with zero attached hydrogens (tertiary/aromatic N) is 3. The minimum absolute atomic E-state index is 0.265. The molecule has 0 atom stereocenters. The average molecular weight is 392 g/mol. The van der Waals surface area contributed by atoms with Gasteiger partial charge in [0, 0.05) is 23.7 Å². The van der Waals surface area contributed by atoms with Gasteiger partial charge in [-0.1, -0.05) is 29.0 Å². The highest BCUT2D eigenvalue weighted by Gasteiger charge is 2.34. The standard InChI is InChI=1S/C15H13ClF3N3O2S/c1-3-24-20-8-9-6-10(4-5-11(9)16)22-13(25)7-12(15(17,18)19)21(2)14(22)23/h4-8H,3H2,1-2H3. The van der Waals surface area contributed by atoms with Crippen LogP contribution in [0.25, 0.3) is 5.69 Å². The van der Waals surface area contributed by atoms with Crippen molar-refractivity contribution in [1.82, 2.24) is 9.13 Å². The second-order valence-corrected chi connectivity index (χ2v) is 5.73. The van der Waals surface area contributed by atoms with E-state index in [1.807, 2.05) is 0 Å². The molecule has 0 aliphatic heterocycles. The van der Waals surface area contributed by atoms with Gasteiger partial charge in [0.1, 0.15) is 16.9 Å². The lowest BCUT2D eigenvalue weighted by atomic mass is 10.2. The number of alkyl halides is 3. The number of benzene rings is 1. The summed E-state index contributed by atoms with van der Waals surface area (Å²) in [5, 5.41) is 4.02. The fourth-order valence-electron chi connectivity index (χ4n) is 2.07. The Morgan fingerprint density at radius 1 is 1.36 bits per heavy atom. The van der Waals surface area contributed by atoms with Crippen molar-refractivity contribution in [2.45, 2.75) is 13.1 Å². The molecule has 0 aliphatic rings. The van der Waals surface area contributed by atoms with Crippen molar-refractivity contribution >= 4 is 30.0 Å². The molecule has 1 aromatic carbocycles. The minimum Gasteiger partial charge on any atom is -0.396 e. The highest BCUT2D eigenvalue weighted by Crippen LogP contribution is 2.28. The Labute approximate surface area is 150 Å². The molecule has 0 spiro atoms. The van der Waals surface area contributed by atoms with Gasteiger partial charge in [-0.05, 0) is 25.1 Å². The van der Waals surface area contributed by atoms with Gasteiger partial charge in [-0.25, -0.2) is 4.79 Å². The predicted molar refractivity (Wildman–Crippen MR) is 91.1 cm³/mol. The number of aromatic nitrogens is 2. The van der Waals surface area contributed by atoms with E-state index in [4.69, 9.17) is 28.7 Å². The predicted octanol–water partition coefficient (Wildman–Crippen LogP) is 3.95. The molecule has 0 fully saturated rings. The second kappa shape index (κ2) is 7.40. The minimum atomic E-state index is -4.68. The van der Waals surface area contributed by atoms with Gasteiger partial charge >= 0.3 is 11.9 Å². The van der Waals surface area contributed by atoms with Crippen LogP contribution >= 0.6 is 23.8 Å². The molecule has 0 N–H and O–H groups in total. The van der Waals surface area contributed by atoms with Crippen molar-refractivity contribution < 1.29 is 18.0 Å². The molecule has 134 valence electrons. The zero-order valence-corrected chi connectivity index (χ0v) is 14.7. The maximum Gasteiger partial charge on any atom is 0.431 e. The first-order valence-electron chi connectivity index (χ1n) is 7.02. The molecule has 25 heavy (non-hydrogen) atoms. The lowest BCUT2D eigenvalue weighted by molar-refractivity contribution is -0.144. The molecule has 0 saturated carbocycles. The van der Waals surface area contributed by atoms with Gasteiger partial charge in [0.05, 0.1) is 11.9 Å². The normalized spacial score (nSPS) is 11.9. The maximum absolute atomic E-state index is 13.0. The van der Waals surface area contributed by atoms with Crippen LogP contribution in [0.5, 0.6) is 0 Å². The van der Waals surface area contributed by atoms with Gasteiger partial charge in [-0.2, -0.15) is 13.2 Å². The third kappa shape index (κ3) is 4.10. The Morgan fingerprint density at radius 3 is 2.64 bits per heavy atom.